The molecule has 0 radical (unpaired) electrons. The predicted octanol–water partition coefficient (Wildman–Crippen LogP) is 2.94. The van der Waals surface area contributed by atoms with Gasteiger partial charge in [-0.15, -0.1) is 0 Å². The largest absolute Gasteiger partial charge is 0.496 e. The van der Waals surface area contributed by atoms with Gasteiger partial charge in [0.2, 0.25) is 0 Å². The zero-order chi connectivity index (χ0) is 17.5. The number of aliphatic imine (C=N–C) groups is 1. The van der Waals surface area contributed by atoms with Crippen LogP contribution in [0.2, 0.25) is 5.02 Å². The number of aryl methyl sites for hydroxylation is 1. The molecule has 24 heavy (non-hydrogen) atoms. The summed E-state index contributed by atoms with van der Waals surface area (Å²) in [4.78, 5) is 6.43. The Morgan fingerprint density at radius 2 is 2.12 bits per heavy atom. The number of hydrogen-bond acceptors (Lipinski definition) is 2. The van der Waals surface area contributed by atoms with Crippen LogP contribution in [0, 0.1) is 0 Å². The lowest BCUT2D eigenvalue weighted by atomic mass is 10.1. The van der Waals surface area contributed by atoms with E-state index in [1.807, 2.05) is 49.1 Å². The van der Waals surface area contributed by atoms with Gasteiger partial charge < -0.3 is 19.5 Å². The molecule has 6 heteroatoms. The van der Waals surface area contributed by atoms with Crippen LogP contribution in [0.25, 0.3) is 0 Å². The fourth-order valence-corrected chi connectivity index (χ4v) is 2.92. The van der Waals surface area contributed by atoms with Crippen molar-refractivity contribution in [2.75, 3.05) is 27.7 Å². The van der Waals surface area contributed by atoms with E-state index in [4.69, 9.17) is 16.3 Å². The Morgan fingerprint density at radius 3 is 2.75 bits per heavy atom. The van der Waals surface area contributed by atoms with Crippen LogP contribution >= 0.6 is 11.6 Å². The molecule has 1 heterocycles. The summed E-state index contributed by atoms with van der Waals surface area (Å²) in [5, 5.41) is 4.14. The smallest absolute Gasteiger partial charge is 0.193 e. The first-order chi connectivity index (χ1) is 11.5. The lowest BCUT2D eigenvalue weighted by Gasteiger charge is -2.22. The van der Waals surface area contributed by atoms with Crippen molar-refractivity contribution in [2.24, 2.45) is 12.0 Å². The molecule has 0 bridgehead atoms. The number of aromatic nitrogens is 1. The van der Waals surface area contributed by atoms with Crippen molar-refractivity contribution in [3.05, 3.63) is 52.8 Å². The lowest BCUT2D eigenvalue weighted by Crippen LogP contribution is -2.39. The average Bonchev–Trinajstić information content (AvgIpc) is 2.89. The summed E-state index contributed by atoms with van der Waals surface area (Å²) in [6.07, 6.45) is 2.77. The molecule has 0 fully saturated rings. The van der Waals surface area contributed by atoms with Crippen LogP contribution in [0.15, 0.2) is 41.5 Å². The van der Waals surface area contributed by atoms with Gasteiger partial charge in [0.25, 0.3) is 0 Å². The van der Waals surface area contributed by atoms with Crippen molar-refractivity contribution in [1.82, 2.24) is 14.8 Å². The molecule has 0 aliphatic carbocycles. The molecule has 5 nitrogen and oxygen atoms in total. The van der Waals surface area contributed by atoms with E-state index in [0.29, 0.717) is 0 Å². The molecule has 130 valence electrons. The summed E-state index contributed by atoms with van der Waals surface area (Å²) < 4.78 is 7.42. The van der Waals surface area contributed by atoms with E-state index in [-0.39, 0.29) is 0 Å². The van der Waals surface area contributed by atoms with Crippen molar-refractivity contribution >= 4 is 17.6 Å². The molecule has 1 aromatic carbocycles. The number of guanidine groups is 1. The van der Waals surface area contributed by atoms with E-state index in [0.717, 1.165) is 41.9 Å². The molecule has 0 spiro atoms. The third kappa shape index (κ3) is 4.68. The van der Waals surface area contributed by atoms with Crippen LogP contribution in [0.5, 0.6) is 5.75 Å². The highest BCUT2D eigenvalue weighted by molar-refractivity contribution is 6.30. The fraction of sp³-hybridized carbons (Fsp3) is 0.389. The number of halogens is 1. The third-order valence-corrected chi connectivity index (χ3v) is 4.12. The molecule has 2 rings (SSSR count). The van der Waals surface area contributed by atoms with Gasteiger partial charge in [0.15, 0.2) is 5.96 Å². The zero-order valence-electron chi connectivity index (χ0n) is 14.7. The Kier molecular flexibility index (Phi) is 6.55. The van der Waals surface area contributed by atoms with Crippen molar-refractivity contribution < 1.29 is 4.74 Å². The van der Waals surface area contributed by atoms with Gasteiger partial charge in [-0.1, -0.05) is 29.8 Å². The maximum Gasteiger partial charge on any atom is 0.193 e. The number of para-hydroxylation sites is 1. The molecular weight excluding hydrogens is 324 g/mol. The second-order valence-corrected chi connectivity index (χ2v) is 6.09. The lowest BCUT2D eigenvalue weighted by molar-refractivity contribution is 0.409. The third-order valence-electron chi connectivity index (χ3n) is 3.92. The van der Waals surface area contributed by atoms with Gasteiger partial charge in [0, 0.05) is 39.6 Å². The molecule has 0 saturated heterocycles. The summed E-state index contributed by atoms with van der Waals surface area (Å²) in [7, 11) is 7.50. The predicted molar refractivity (Wildman–Crippen MR) is 99.9 cm³/mol. The van der Waals surface area contributed by atoms with E-state index in [1.54, 1.807) is 14.2 Å². The summed E-state index contributed by atoms with van der Waals surface area (Å²) in [5.41, 5.74) is 2.31. The molecule has 1 N–H and O–H groups in total. The van der Waals surface area contributed by atoms with E-state index >= 15 is 0 Å². The second-order valence-electron chi connectivity index (χ2n) is 5.65. The molecular formula is C18H25ClN4O. The maximum atomic E-state index is 6.05. The molecule has 0 atom stereocenters. The van der Waals surface area contributed by atoms with Crippen molar-refractivity contribution in [3.8, 4) is 5.75 Å². The maximum absolute atomic E-state index is 6.05. The Labute approximate surface area is 148 Å². The Hall–Kier alpha value is -2.14. The number of hydrogen-bond donors (Lipinski definition) is 1. The topological polar surface area (TPSA) is 41.8 Å². The summed E-state index contributed by atoms with van der Waals surface area (Å²) in [6, 6.07) is 10.0. The number of methoxy groups -OCH3 is 1. The van der Waals surface area contributed by atoms with Crippen LogP contribution in [0.3, 0.4) is 0 Å². The van der Waals surface area contributed by atoms with E-state index in [9.17, 15) is 0 Å². The van der Waals surface area contributed by atoms with Crippen LogP contribution in [0.1, 0.15) is 11.3 Å². The molecule has 2 aromatic rings. The minimum Gasteiger partial charge on any atom is -0.496 e. The van der Waals surface area contributed by atoms with Gasteiger partial charge in [-0.2, -0.15) is 0 Å². The van der Waals surface area contributed by atoms with Crippen LogP contribution < -0.4 is 10.1 Å². The van der Waals surface area contributed by atoms with Crippen LogP contribution in [-0.2, 0) is 20.0 Å². The van der Waals surface area contributed by atoms with E-state index < -0.39 is 0 Å². The summed E-state index contributed by atoms with van der Waals surface area (Å²) >= 11 is 6.05. The molecule has 0 amide bonds. The molecule has 1 aromatic heterocycles. The van der Waals surface area contributed by atoms with Gasteiger partial charge in [-0.3, -0.25) is 4.99 Å². The van der Waals surface area contributed by atoms with Gasteiger partial charge >= 0.3 is 0 Å². The van der Waals surface area contributed by atoms with Crippen molar-refractivity contribution in [1.29, 1.82) is 0 Å². The van der Waals surface area contributed by atoms with Gasteiger partial charge in [-0.05, 0) is 24.1 Å². The summed E-state index contributed by atoms with van der Waals surface area (Å²) in [5.74, 6) is 1.77. The van der Waals surface area contributed by atoms with Crippen LogP contribution in [-0.4, -0.2) is 43.2 Å². The minimum atomic E-state index is 0.734. The standard InChI is InChI=1S/C18H25ClN4O/c1-20-18(23(3)13-16-11-15(19)12-22(16)2)21-10-9-14-7-5-6-8-17(14)24-4/h5-8,11-12H,9-10,13H2,1-4H3,(H,20,21). The first-order valence-electron chi connectivity index (χ1n) is 7.89. The average molecular weight is 349 g/mol. The van der Waals surface area contributed by atoms with Crippen molar-refractivity contribution in [2.45, 2.75) is 13.0 Å². The minimum absolute atomic E-state index is 0.734. The number of nitrogens with zero attached hydrogens (tertiary/aromatic N) is 3. The van der Waals surface area contributed by atoms with E-state index in [1.165, 1.54) is 5.56 Å². The van der Waals surface area contributed by atoms with E-state index in [2.05, 4.69) is 21.3 Å². The zero-order valence-corrected chi connectivity index (χ0v) is 15.5. The highest BCUT2D eigenvalue weighted by Crippen LogP contribution is 2.17. The Bertz CT molecular complexity index is 696. The highest BCUT2D eigenvalue weighted by Gasteiger charge is 2.10. The molecule has 0 aliphatic rings. The Balaban J connectivity index is 1.91. The molecule has 0 unspecified atom stereocenters. The van der Waals surface area contributed by atoms with Crippen molar-refractivity contribution in [3.63, 3.8) is 0 Å². The second kappa shape index (κ2) is 8.64. The Morgan fingerprint density at radius 1 is 1.38 bits per heavy atom. The number of benzene rings is 1. The molecule has 0 aliphatic heterocycles. The normalized spacial score (nSPS) is 11.5. The fourth-order valence-electron chi connectivity index (χ4n) is 2.64. The molecule has 0 saturated carbocycles. The van der Waals surface area contributed by atoms with Crippen LogP contribution in [0.4, 0.5) is 0 Å². The van der Waals surface area contributed by atoms with Gasteiger partial charge in [0.05, 0.1) is 18.7 Å². The first kappa shape index (κ1) is 18.2. The number of rotatable bonds is 6. The van der Waals surface area contributed by atoms with Gasteiger partial charge in [-0.25, -0.2) is 0 Å². The SMILES string of the molecule is CN=C(NCCc1ccccc1OC)N(C)Cc1cc(Cl)cn1C. The highest BCUT2D eigenvalue weighted by atomic mass is 35.5. The summed E-state index contributed by atoms with van der Waals surface area (Å²) in [6.45, 7) is 1.52. The van der Waals surface area contributed by atoms with Gasteiger partial charge in [0.1, 0.15) is 5.75 Å². The number of ether oxygens (including phenoxy) is 1. The monoisotopic (exact) mass is 348 g/mol. The number of nitrogens with one attached hydrogen (secondary N) is 1. The first-order valence-corrected chi connectivity index (χ1v) is 8.27. The quantitative estimate of drug-likeness (QED) is 0.644.